The third kappa shape index (κ3) is 4.30. The van der Waals surface area contributed by atoms with Crippen molar-refractivity contribution in [3.05, 3.63) is 90.0 Å². The maximum atomic E-state index is 13.4. The van der Waals surface area contributed by atoms with Crippen molar-refractivity contribution in [2.75, 3.05) is 19.0 Å². The van der Waals surface area contributed by atoms with Gasteiger partial charge in [-0.1, -0.05) is 42.5 Å². The van der Waals surface area contributed by atoms with E-state index in [0.717, 1.165) is 5.56 Å². The lowest BCUT2D eigenvalue weighted by atomic mass is 10.0. The molecule has 1 aromatic heterocycles. The summed E-state index contributed by atoms with van der Waals surface area (Å²) < 4.78 is 10.4. The molecular weight excluding hydrogens is 404 g/mol. The molecule has 0 unspecified atom stereocenters. The smallest absolute Gasteiger partial charge is 0.340 e. The van der Waals surface area contributed by atoms with E-state index in [0.29, 0.717) is 39.2 Å². The molecule has 0 aliphatic heterocycles. The fourth-order valence-corrected chi connectivity index (χ4v) is 3.46. The summed E-state index contributed by atoms with van der Waals surface area (Å²) in [6, 6.07) is 23.5. The van der Waals surface area contributed by atoms with Crippen molar-refractivity contribution in [2.24, 2.45) is 0 Å². The minimum atomic E-state index is -0.486. The molecule has 32 heavy (non-hydrogen) atoms. The molecule has 0 saturated carbocycles. The summed E-state index contributed by atoms with van der Waals surface area (Å²) in [6.45, 7) is 1.99. The molecule has 0 radical (unpaired) electrons. The second kappa shape index (κ2) is 9.31. The summed E-state index contributed by atoms with van der Waals surface area (Å²) in [5.74, 6) is -0.128. The average molecular weight is 426 g/mol. The van der Waals surface area contributed by atoms with E-state index in [1.54, 1.807) is 44.4 Å². The summed E-state index contributed by atoms with van der Waals surface area (Å²) in [5.41, 5.74) is 3.31. The predicted molar refractivity (Wildman–Crippen MR) is 124 cm³/mol. The number of amides is 1. The first-order valence-corrected chi connectivity index (χ1v) is 10.2. The largest absolute Gasteiger partial charge is 0.497 e. The molecule has 4 rings (SSSR count). The van der Waals surface area contributed by atoms with E-state index in [9.17, 15) is 9.59 Å². The highest BCUT2D eigenvalue weighted by Gasteiger charge is 2.18. The van der Waals surface area contributed by atoms with Crippen molar-refractivity contribution in [2.45, 2.75) is 6.92 Å². The van der Waals surface area contributed by atoms with Gasteiger partial charge in [-0.25, -0.2) is 9.78 Å². The van der Waals surface area contributed by atoms with Crippen LogP contribution in [-0.4, -0.2) is 30.6 Å². The first-order chi connectivity index (χ1) is 15.6. The Kier molecular flexibility index (Phi) is 6.12. The summed E-state index contributed by atoms with van der Waals surface area (Å²) >= 11 is 0. The normalized spacial score (nSPS) is 10.6. The van der Waals surface area contributed by atoms with Crippen LogP contribution < -0.4 is 10.1 Å². The third-order valence-corrected chi connectivity index (χ3v) is 5.00. The van der Waals surface area contributed by atoms with Gasteiger partial charge >= 0.3 is 5.97 Å². The number of aromatic nitrogens is 1. The molecule has 0 saturated heterocycles. The highest BCUT2D eigenvalue weighted by molar-refractivity contribution is 6.14. The van der Waals surface area contributed by atoms with Gasteiger partial charge in [0.2, 0.25) is 0 Å². The zero-order valence-electron chi connectivity index (χ0n) is 17.8. The molecule has 4 aromatic rings. The van der Waals surface area contributed by atoms with Gasteiger partial charge in [-0.15, -0.1) is 0 Å². The molecule has 1 heterocycles. The van der Waals surface area contributed by atoms with Crippen LogP contribution in [0, 0.1) is 0 Å². The number of rotatable bonds is 6. The number of nitrogens with zero attached hydrogens (tertiary/aromatic N) is 1. The molecule has 0 spiro atoms. The fraction of sp³-hybridized carbons (Fsp3) is 0.115. The van der Waals surface area contributed by atoms with Crippen LogP contribution in [0.15, 0.2) is 78.9 Å². The van der Waals surface area contributed by atoms with Gasteiger partial charge in [-0.3, -0.25) is 4.79 Å². The Hall–Kier alpha value is -4.19. The van der Waals surface area contributed by atoms with Crippen molar-refractivity contribution in [1.82, 2.24) is 4.98 Å². The van der Waals surface area contributed by atoms with Crippen molar-refractivity contribution in [1.29, 1.82) is 0 Å². The molecule has 0 aliphatic carbocycles. The Bertz CT molecular complexity index is 1300. The zero-order valence-corrected chi connectivity index (χ0v) is 17.8. The number of anilines is 1. The number of ether oxygens (including phenoxy) is 2. The molecule has 1 N–H and O–H groups in total. The average Bonchev–Trinajstić information content (AvgIpc) is 2.83. The summed E-state index contributed by atoms with van der Waals surface area (Å²) in [5, 5.41) is 3.58. The molecule has 0 fully saturated rings. The van der Waals surface area contributed by atoms with Gasteiger partial charge in [0.15, 0.2) is 0 Å². The van der Waals surface area contributed by atoms with Crippen LogP contribution in [0.2, 0.25) is 0 Å². The maximum absolute atomic E-state index is 13.4. The molecule has 0 aliphatic rings. The molecule has 0 atom stereocenters. The lowest BCUT2D eigenvalue weighted by Gasteiger charge is -2.13. The second-order valence-corrected chi connectivity index (χ2v) is 7.02. The minimum absolute atomic E-state index is 0.250. The molecule has 6 heteroatoms. The van der Waals surface area contributed by atoms with E-state index < -0.39 is 5.97 Å². The zero-order chi connectivity index (χ0) is 22.5. The van der Waals surface area contributed by atoms with Crippen molar-refractivity contribution < 1.29 is 19.1 Å². The number of para-hydroxylation sites is 2. The van der Waals surface area contributed by atoms with Crippen LogP contribution in [0.4, 0.5) is 5.69 Å². The fourth-order valence-electron chi connectivity index (χ4n) is 3.46. The molecule has 1 amide bonds. The summed E-state index contributed by atoms with van der Waals surface area (Å²) in [4.78, 5) is 30.4. The number of carbonyl (C=O) groups excluding carboxylic acids is 2. The highest BCUT2D eigenvalue weighted by atomic mass is 16.5. The number of benzene rings is 3. The number of esters is 1. The molecule has 6 nitrogen and oxygen atoms in total. The number of nitrogens with one attached hydrogen (secondary N) is 1. The van der Waals surface area contributed by atoms with E-state index in [2.05, 4.69) is 5.32 Å². The number of pyridine rings is 1. The molecule has 3 aromatic carbocycles. The quantitative estimate of drug-likeness (QED) is 0.421. The summed E-state index contributed by atoms with van der Waals surface area (Å²) in [7, 11) is 1.60. The van der Waals surface area contributed by atoms with Gasteiger partial charge in [0, 0.05) is 10.9 Å². The number of methoxy groups -OCH3 is 1. The first-order valence-electron chi connectivity index (χ1n) is 10.2. The van der Waals surface area contributed by atoms with Gasteiger partial charge in [0.05, 0.1) is 41.7 Å². The van der Waals surface area contributed by atoms with Crippen LogP contribution in [-0.2, 0) is 4.74 Å². The Morgan fingerprint density at radius 3 is 2.50 bits per heavy atom. The van der Waals surface area contributed by atoms with Crippen LogP contribution in [0.3, 0.4) is 0 Å². The Balaban J connectivity index is 1.77. The monoisotopic (exact) mass is 426 g/mol. The van der Waals surface area contributed by atoms with E-state index in [-0.39, 0.29) is 12.5 Å². The van der Waals surface area contributed by atoms with Crippen molar-refractivity contribution in [3.8, 4) is 17.0 Å². The Morgan fingerprint density at radius 1 is 0.906 bits per heavy atom. The van der Waals surface area contributed by atoms with E-state index in [1.165, 1.54) is 0 Å². The minimum Gasteiger partial charge on any atom is -0.497 e. The highest BCUT2D eigenvalue weighted by Crippen LogP contribution is 2.28. The van der Waals surface area contributed by atoms with E-state index in [1.807, 2.05) is 48.5 Å². The van der Waals surface area contributed by atoms with Gasteiger partial charge in [0.25, 0.3) is 5.91 Å². The number of fused-ring (bicyclic) bond motifs is 1. The topological polar surface area (TPSA) is 77.5 Å². The second-order valence-electron chi connectivity index (χ2n) is 7.02. The predicted octanol–water partition coefficient (Wildman–Crippen LogP) is 5.34. The molecule has 0 bridgehead atoms. The van der Waals surface area contributed by atoms with Crippen LogP contribution in [0.25, 0.3) is 22.2 Å². The SMILES string of the molecule is CCOC(=O)c1ccccc1NC(=O)c1cc(-c2cccc(OC)c2)nc2ccccc12. The van der Waals surface area contributed by atoms with Crippen LogP contribution >= 0.6 is 0 Å². The summed E-state index contributed by atoms with van der Waals surface area (Å²) in [6.07, 6.45) is 0. The maximum Gasteiger partial charge on any atom is 0.340 e. The molecule has 160 valence electrons. The van der Waals surface area contributed by atoms with Gasteiger partial charge < -0.3 is 14.8 Å². The van der Waals surface area contributed by atoms with Gasteiger partial charge in [-0.05, 0) is 43.3 Å². The van der Waals surface area contributed by atoms with Crippen molar-refractivity contribution in [3.63, 3.8) is 0 Å². The first kappa shape index (κ1) is 21.1. The van der Waals surface area contributed by atoms with Gasteiger partial charge in [-0.2, -0.15) is 0 Å². The lowest BCUT2D eigenvalue weighted by Crippen LogP contribution is -2.16. The number of carbonyl (C=O) groups is 2. The Labute approximate surface area is 185 Å². The van der Waals surface area contributed by atoms with Crippen LogP contribution in [0.5, 0.6) is 5.75 Å². The van der Waals surface area contributed by atoms with Gasteiger partial charge in [0.1, 0.15) is 5.75 Å². The Morgan fingerprint density at radius 2 is 1.69 bits per heavy atom. The van der Waals surface area contributed by atoms with E-state index >= 15 is 0 Å². The molecular formula is C26H22N2O4. The standard InChI is InChI=1S/C26H22N2O4/c1-3-32-26(30)20-12-5-7-14-23(20)28-25(29)21-16-24(17-9-8-10-18(15-17)31-2)27-22-13-6-4-11-19(21)22/h4-16H,3H2,1-2H3,(H,28,29). The lowest BCUT2D eigenvalue weighted by molar-refractivity contribution is 0.0527. The third-order valence-electron chi connectivity index (χ3n) is 5.00. The van der Waals surface area contributed by atoms with Crippen molar-refractivity contribution >= 4 is 28.5 Å². The van der Waals surface area contributed by atoms with Crippen LogP contribution in [0.1, 0.15) is 27.6 Å². The number of hydrogen-bond acceptors (Lipinski definition) is 5. The number of hydrogen-bond donors (Lipinski definition) is 1. The van der Waals surface area contributed by atoms with E-state index in [4.69, 9.17) is 14.5 Å².